The molecule has 0 bridgehead atoms. The van der Waals surface area contributed by atoms with E-state index in [1.54, 1.807) is 0 Å². The molecule has 0 aromatic rings. The molecule has 0 saturated heterocycles. The van der Waals surface area contributed by atoms with E-state index in [1.807, 2.05) is 0 Å². The summed E-state index contributed by atoms with van der Waals surface area (Å²) in [6.45, 7) is 8.46. The Balaban J connectivity index is 3.46. The summed E-state index contributed by atoms with van der Waals surface area (Å²) in [6.07, 6.45) is 3.61. The minimum atomic E-state index is 0.451. The predicted octanol–water partition coefficient (Wildman–Crippen LogP) is 2.55. The quantitative estimate of drug-likeness (QED) is 0.480. The van der Waals surface area contributed by atoms with Crippen molar-refractivity contribution < 1.29 is 0 Å². The lowest BCUT2D eigenvalue weighted by Gasteiger charge is -2.04. The van der Waals surface area contributed by atoms with Crippen LogP contribution in [0.3, 0.4) is 0 Å². The van der Waals surface area contributed by atoms with Gasteiger partial charge in [-0.2, -0.15) is 5.10 Å². The zero-order valence-corrected chi connectivity index (χ0v) is 8.15. The Morgan fingerprint density at radius 2 is 2.09 bits per heavy atom. The van der Waals surface area contributed by atoms with Crippen molar-refractivity contribution in [3.05, 3.63) is 0 Å². The molecule has 0 aliphatic heterocycles. The largest absolute Gasteiger partial charge is 0.308 e. The number of unbranched alkanes of at least 4 members (excludes halogenated alkanes) is 1. The highest BCUT2D eigenvalue weighted by atomic mass is 15.3. The van der Waals surface area contributed by atoms with Gasteiger partial charge in [0.1, 0.15) is 0 Å². The fourth-order valence-corrected chi connectivity index (χ4v) is 0.728. The summed E-state index contributed by atoms with van der Waals surface area (Å²) in [7, 11) is 0. The lowest BCUT2D eigenvalue weighted by atomic mass is 10.2. The normalized spacial score (nSPS) is 12.3. The summed E-state index contributed by atoms with van der Waals surface area (Å²) in [5.74, 6) is 0. The van der Waals surface area contributed by atoms with Gasteiger partial charge in [0.2, 0.25) is 0 Å². The van der Waals surface area contributed by atoms with Crippen LogP contribution in [0.2, 0.25) is 0 Å². The summed E-state index contributed by atoms with van der Waals surface area (Å²) in [5.41, 5.74) is 4.25. The Morgan fingerprint density at radius 1 is 1.45 bits per heavy atom. The van der Waals surface area contributed by atoms with Gasteiger partial charge in [0.15, 0.2) is 0 Å². The molecule has 66 valence electrons. The van der Waals surface area contributed by atoms with Crippen LogP contribution >= 0.6 is 0 Å². The van der Waals surface area contributed by atoms with Crippen LogP contribution in [0.25, 0.3) is 0 Å². The van der Waals surface area contributed by atoms with Gasteiger partial charge in [0.05, 0.1) is 0 Å². The van der Waals surface area contributed by atoms with E-state index in [0.717, 1.165) is 6.42 Å². The van der Waals surface area contributed by atoms with Crippen LogP contribution in [0.15, 0.2) is 5.10 Å². The second-order valence-electron chi connectivity index (χ2n) is 3.23. The average molecular weight is 156 g/mol. The highest BCUT2D eigenvalue weighted by Crippen LogP contribution is 1.95. The van der Waals surface area contributed by atoms with E-state index in [-0.39, 0.29) is 0 Å². The fourth-order valence-electron chi connectivity index (χ4n) is 0.728. The molecule has 0 aromatic carbocycles. The van der Waals surface area contributed by atoms with Crippen LogP contribution in [0.5, 0.6) is 0 Å². The summed E-state index contributed by atoms with van der Waals surface area (Å²) in [5, 5.41) is 4.23. The lowest BCUT2D eigenvalue weighted by molar-refractivity contribution is 0.617. The van der Waals surface area contributed by atoms with Crippen molar-refractivity contribution in [3.63, 3.8) is 0 Å². The number of nitrogens with zero attached hydrogens (tertiary/aromatic N) is 1. The lowest BCUT2D eigenvalue weighted by Crippen LogP contribution is -2.17. The molecule has 0 spiro atoms. The number of nitrogens with one attached hydrogen (secondary N) is 1. The van der Waals surface area contributed by atoms with Gasteiger partial charge in [0, 0.05) is 11.8 Å². The van der Waals surface area contributed by atoms with Crippen molar-refractivity contribution in [1.82, 2.24) is 5.43 Å². The van der Waals surface area contributed by atoms with Crippen LogP contribution in [-0.2, 0) is 0 Å². The molecule has 2 nitrogen and oxygen atoms in total. The molecule has 0 unspecified atom stereocenters. The molecule has 0 atom stereocenters. The number of rotatable bonds is 5. The molecular formula is C9H20N2. The van der Waals surface area contributed by atoms with Gasteiger partial charge in [-0.1, -0.05) is 13.3 Å². The highest BCUT2D eigenvalue weighted by molar-refractivity contribution is 5.81. The second-order valence-corrected chi connectivity index (χ2v) is 3.23. The van der Waals surface area contributed by atoms with Crippen LogP contribution < -0.4 is 5.43 Å². The molecule has 0 aliphatic carbocycles. The van der Waals surface area contributed by atoms with Gasteiger partial charge in [-0.15, -0.1) is 0 Å². The molecule has 0 radical (unpaired) electrons. The summed E-state index contributed by atoms with van der Waals surface area (Å²) < 4.78 is 0. The number of hydrazone groups is 1. The van der Waals surface area contributed by atoms with Crippen LogP contribution in [0.1, 0.15) is 47.0 Å². The minimum Gasteiger partial charge on any atom is -0.308 e. The minimum absolute atomic E-state index is 0.451. The van der Waals surface area contributed by atoms with Crippen LogP contribution in [0, 0.1) is 0 Å². The molecule has 11 heavy (non-hydrogen) atoms. The standard InChI is InChI=1S/C9H20N2/c1-5-6-7-9(4)11-10-8(2)3/h8,10H,5-7H2,1-4H3. The van der Waals surface area contributed by atoms with Crippen molar-refractivity contribution >= 4 is 5.71 Å². The highest BCUT2D eigenvalue weighted by Gasteiger charge is 1.91. The van der Waals surface area contributed by atoms with Crippen LogP contribution in [-0.4, -0.2) is 11.8 Å². The first-order valence-electron chi connectivity index (χ1n) is 4.45. The first kappa shape index (κ1) is 10.5. The summed E-state index contributed by atoms with van der Waals surface area (Å²) in [4.78, 5) is 0. The smallest absolute Gasteiger partial charge is 0.0383 e. The third-order valence-corrected chi connectivity index (χ3v) is 1.41. The first-order chi connectivity index (χ1) is 5.16. The summed E-state index contributed by atoms with van der Waals surface area (Å²) in [6, 6.07) is 0.451. The van der Waals surface area contributed by atoms with Crippen molar-refractivity contribution in [2.45, 2.75) is 53.0 Å². The molecule has 2 heteroatoms. The number of hydrogen-bond acceptors (Lipinski definition) is 2. The van der Waals surface area contributed by atoms with E-state index in [2.05, 4.69) is 38.2 Å². The third-order valence-electron chi connectivity index (χ3n) is 1.41. The predicted molar refractivity (Wildman–Crippen MR) is 50.9 cm³/mol. The second kappa shape index (κ2) is 6.20. The molecule has 0 fully saturated rings. The molecule has 0 saturated carbocycles. The van der Waals surface area contributed by atoms with Gasteiger partial charge in [-0.05, 0) is 33.6 Å². The van der Waals surface area contributed by atoms with E-state index >= 15 is 0 Å². The van der Waals surface area contributed by atoms with E-state index in [4.69, 9.17) is 0 Å². The molecule has 0 amide bonds. The van der Waals surface area contributed by atoms with Gasteiger partial charge in [-0.3, -0.25) is 0 Å². The Kier molecular flexibility index (Phi) is 5.90. The monoisotopic (exact) mass is 156 g/mol. The van der Waals surface area contributed by atoms with Gasteiger partial charge >= 0.3 is 0 Å². The Bertz CT molecular complexity index is 117. The molecule has 0 aliphatic rings. The SMILES string of the molecule is CCCCC(C)=NNC(C)C. The molecule has 0 rings (SSSR count). The van der Waals surface area contributed by atoms with Crippen molar-refractivity contribution in [2.75, 3.05) is 0 Å². The Hall–Kier alpha value is -0.530. The fraction of sp³-hybridized carbons (Fsp3) is 0.889. The summed E-state index contributed by atoms with van der Waals surface area (Å²) >= 11 is 0. The van der Waals surface area contributed by atoms with Gasteiger partial charge in [0.25, 0.3) is 0 Å². The van der Waals surface area contributed by atoms with Crippen molar-refractivity contribution in [3.8, 4) is 0 Å². The Labute approximate surface area is 70.1 Å². The molecule has 0 aromatic heterocycles. The third kappa shape index (κ3) is 7.37. The molecule has 1 N–H and O–H groups in total. The maximum atomic E-state index is 4.23. The Morgan fingerprint density at radius 3 is 2.55 bits per heavy atom. The van der Waals surface area contributed by atoms with E-state index in [0.29, 0.717) is 6.04 Å². The maximum absolute atomic E-state index is 4.23. The van der Waals surface area contributed by atoms with E-state index in [9.17, 15) is 0 Å². The number of hydrogen-bond donors (Lipinski definition) is 1. The van der Waals surface area contributed by atoms with Crippen molar-refractivity contribution in [2.24, 2.45) is 5.10 Å². The van der Waals surface area contributed by atoms with E-state index in [1.165, 1.54) is 18.6 Å². The maximum Gasteiger partial charge on any atom is 0.0383 e. The van der Waals surface area contributed by atoms with Crippen LogP contribution in [0.4, 0.5) is 0 Å². The zero-order valence-electron chi connectivity index (χ0n) is 8.15. The molecular weight excluding hydrogens is 136 g/mol. The van der Waals surface area contributed by atoms with Crippen molar-refractivity contribution in [1.29, 1.82) is 0 Å². The molecule has 0 heterocycles. The van der Waals surface area contributed by atoms with Gasteiger partial charge in [-0.25, -0.2) is 0 Å². The van der Waals surface area contributed by atoms with Gasteiger partial charge < -0.3 is 5.43 Å². The van der Waals surface area contributed by atoms with E-state index < -0.39 is 0 Å². The first-order valence-corrected chi connectivity index (χ1v) is 4.45. The average Bonchev–Trinajstić information content (AvgIpc) is 1.97. The zero-order chi connectivity index (χ0) is 8.69. The topological polar surface area (TPSA) is 24.4 Å².